The van der Waals surface area contributed by atoms with Crippen molar-refractivity contribution in [3.8, 4) is 0 Å². The summed E-state index contributed by atoms with van der Waals surface area (Å²) in [5.41, 5.74) is 0.397. The summed E-state index contributed by atoms with van der Waals surface area (Å²) >= 11 is 3.27. The molecule has 6 nitrogen and oxygen atoms in total. The van der Waals surface area contributed by atoms with Crippen LogP contribution in [0.15, 0.2) is 22.7 Å². The van der Waals surface area contributed by atoms with Gasteiger partial charge in [-0.1, -0.05) is 15.9 Å². The van der Waals surface area contributed by atoms with Crippen LogP contribution in [0.25, 0.3) is 0 Å². The summed E-state index contributed by atoms with van der Waals surface area (Å²) in [7, 11) is 0. The van der Waals surface area contributed by atoms with Crippen LogP contribution in [-0.2, 0) is 4.79 Å². The van der Waals surface area contributed by atoms with Crippen LogP contribution in [0.5, 0.6) is 0 Å². The maximum absolute atomic E-state index is 12.0. The summed E-state index contributed by atoms with van der Waals surface area (Å²) in [5, 5.41) is 15.0. The molecule has 3 N–H and O–H groups in total. The Morgan fingerprint density at radius 2 is 2.05 bits per heavy atom. The van der Waals surface area contributed by atoms with Crippen LogP contribution in [0.3, 0.4) is 0 Å². The Kier molecular flexibility index (Phi) is 5.11. The predicted octanol–water partition coefficient (Wildman–Crippen LogP) is 0.991. The van der Waals surface area contributed by atoms with Gasteiger partial charge < -0.3 is 15.7 Å². The zero-order valence-electron chi connectivity index (χ0n) is 10.9. The number of carboxylic acids is 1. The molecule has 20 heavy (non-hydrogen) atoms. The number of hydrogen-bond acceptors (Lipinski definition) is 4. The minimum Gasteiger partial charge on any atom is -0.478 e. The third-order valence-corrected chi connectivity index (χ3v) is 3.56. The van der Waals surface area contributed by atoms with E-state index in [-0.39, 0.29) is 18.0 Å². The van der Waals surface area contributed by atoms with Crippen LogP contribution < -0.4 is 10.6 Å². The lowest BCUT2D eigenvalue weighted by Crippen LogP contribution is -2.46. The Balaban J connectivity index is 2.03. The highest BCUT2D eigenvalue weighted by atomic mass is 79.9. The Bertz CT molecular complexity index is 516. The van der Waals surface area contributed by atoms with Gasteiger partial charge in [-0.3, -0.25) is 9.69 Å². The van der Waals surface area contributed by atoms with Crippen LogP contribution >= 0.6 is 15.9 Å². The van der Waals surface area contributed by atoms with Crippen LogP contribution in [-0.4, -0.2) is 54.6 Å². The number of rotatable bonds is 4. The number of aromatic carboxylic acids is 1. The van der Waals surface area contributed by atoms with Crippen molar-refractivity contribution in [2.24, 2.45) is 0 Å². The van der Waals surface area contributed by atoms with E-state index in [1.807, 2.05) is 4.90 Å². The molecule has 0 saturated carbocycles. The molecule has 0 atom stereocenters. The Morgan fingerprint density at radius 1 is 1.35 bits per heavy atom. The summed E-state index contributed by atoms with van der Waals surface area (Å²) in [6.07, 6.45) is 0. The van der Waals surface area contributed by atoms with E-state index in [1.165, 1.54) is 6.07 Å². The normalized spacial score (nSPS) is 15.8. The van der Waals surface area contributed by atoms with Crippen molar-refractivity contribution in [1.82, 2.24) is 10.2 Å². The number of carbonyl (C=O) groups excluding carboxylic acids is 1. The van der Waals surface area contributed by atoms with Gasteiger partial charge in [0.15, 0.2) is 0 Å². The van der Waals surface area contributed by atoms with Crippen molar-refractivity contribution in [2.75, 3.05) is 38.0 Å². The number of nitrogens with zero attached hydrogens (tertiary/aromatic N) is 1. The summed E-state index contributed by atoms with van der Waals surface area (Å²) in [6, 6.07) is 4.70. The van der Waals surface area contributed by atoms with Gasteiger partial charge in [-0.15, -0.1) is 0 Å². The largest absolute Gasteiger partial charge is 0.478 e. The van der Waals surface area contributed by atoms with Gasteiger partial charge in [0.05, 0.1) is 17.8 Å². The van der Waals surface area contributed by atoms with Gasteiger partial charge in [-0.05, 0) is 18.2 Å². The zero-order valence-corrected chi connectivity index (χ0v) is 12.4. The first kappa shape index (κ1) is 15.0. The lowest BCUT2D eigenvalue weighted by Gasteiger charge is -2.26. The van der Waals surface area contributed by atoms with Gasteiger partial charge >= 0.3 is 5.97 Å². The topological polar surface area (TPSA) is 81.7 Å². The van der Waals surface area contributed by atoms with E-state index in [0.717, 1.165) is 30.7 Å². The first-order chi connectivity index (χ1) is 9.56. The Morgan fingerprint density at radius 3 is 2.70 bits per heavy atom. The molecule has 108 valence electrons. The molecular formula is C13H16BrN3O3. The standard InChI is InChI=1S/C13H16BrN3O3/c14-9-1-2-10(13(19)20)11(7-9)16-12(18)8-17-5-3-15-4-6-17/h1-2,7,15H,3-6,8H2,(H,16,18)(H,19,20). The molecule has 0 bridgehead atoms. The van der Waals surface area contributed by atoms with Crippen LogP contribution in [0.4, 0.5) is 5.69 Å². The second-order valence-electron chi connectivity index (χ2n) is 4.57. The van der Waals surface area contributed by atoms with Crippen LogP contribution in [0, 0.1) is 0 Å². The fraction of sp³-hybridized carbons (Fsp3) is 0.385. The molecule has 0 radical (unpaired) electrons. The van der Waals surface area contributed by atoms with Gasteiger partial charge in [0, 0.05) is 30.7 Å². The van der Waals surface area contributed by atoms with Crippen molar-refractivity contribution in [3.05, 3.63) is 28.2 Å². The highest BCUT2D eigenvalue weighted by Crippen LogP contribution is 2.21. The van der Waals surface area contributed by atoms with E-state index in [1.54, 1.807) is 12.1 Å². The van der Waals surface area contributed by atoms with E-state index in [0.29, 0.717) is 5.69 Å². The molecule has 1 aromatic carbocycles. The first-order valence-electron chi connectivity index (χ1n) is 6.32. The van der Waals surface area contributed by atoms with Crippen LogP contribution in [0.2, 0.25) is 0 Å². The van der Waals surface area contributed by atoms with Crippen molar-refractivity contribution < 1.29 is 14.7 Å². The maximum atomic E-state index is 12.0. The third kappa shape index (κ3) is 4.03. The van der Waals surface area contributed by atoms with Crippen LogP contribution in [0.1, 0.15) is 10.4 Å². The minimum absolute atomic E-state index is 0.0851. The molecular weight excluding hydrogens is 326 g/mol. The molecule has 0 unspecified atom stereocenters. The van der Waals surface area contributed by atoms with Crippen molar-refractivity contribution in [2.45, 2.75) is 0 Å². The van der Waals surface area contributed by atoms with Gasteiger partial charge in [0.25, 0.3) is 0 Å². The number of benzene rings is 1. The highest BCUT2D eigenvalue weighted by Gasteiger charge is 2.16. The summed E-state index contributed by atoms with van der Waals surface area (Å²) < 4.78 is 0.722. The number of anilines is 1. The number of carbonyl (C=O) groups is 2. The summed E-state index contributed by atoms with van der Waals surface area (Å²) in [5.74, 6) is -1.26. The van der Waals surface area contributed by atoms with E-state index in [9.17, 15) is 9.59 Å². The Labute approximate surface area is 125 Å². The molecule has 1 aliphatic rings. The highest BCUT2D eigenvalue weighted by molar-refractivity contribution is 9.10. The molecule has 1 amide bonds. The van der Waals surface area contributed by atoms with Crippen molar-refractivity contribution >= 4 is 33.5 Å². The monoisotopic (exact) mass is 341 g/mol. The van der Waals surface area contributed by atoms with E-state index in [4.69, 9.17) is 5.11 Å². The number of hydrogen-bond donors (Lipinski definition) is 3. The average Bonchev–Trinajstić information content (AvgIpc) is 2.39. The number of carboxylic acid groups (broad SMARTS) is 1. The summed E-state index contributed by atoms with van der Waals surface area (Å²) in [4.78, 5) is 25.1. The molecule has 1 heterocycles. The lowest BCUT2D eigenvalue weighted by atomic mass is 10.2. The van der Waals surface area contributed by atoms with Gasteiger partial charge in [0.2, 0.25) is 5.91 Å². The number of nitrogens with one attached hydrogen (secondary N) is 2. The molecule has 1 fully saturated rings. The van der Waals surface area contributed by atoms with Crippen molar-refractivity contribution in [3.63, 3.8) is 0 Å². The molecule has 2 rings (SSSR count). The first-order valence-corrected chi connectivity index (χ1v) is 7.11. The average molecular weight is 342 g/mol. The van der Waals surface area contributed by atoms with E-state index in [2.05, 4.69) is 26.6 Å². The van der Waals surface area contributed by atoms with E-state index >= 15 is 0 Å². The molecule has 1 aromatic rings. The maximum Gasteiger partial charge on any atom is 0.337 e. The summed E-state index contributed by atoms with van der Waals surface area (Å²) in [6.45, 7) is 3.64. The molecule has 0 aromatic heterocycles. The SMILES string of the molecule is O=C(CN1CCNCC1)Nc1cc(Br)ccc1C(=O)O. The van der Waals surface area contributed by atoms with Gasteiger partial charge in [-0.2, -0.15) is 0 Å². The molecule has 1 saturated heterocycles. The fourth-order valence-electron chi connectivity index (χ4n) is 2.07. The second-order valence-corrected chi connectivity index (χ2v) is 5.49. The van der Waals surface area contributed by atoms with Gasteiger partial charge in [-0.25, -0.2) is 4.79 Å². The predicted molar refractivity (Wildman–Crippen MR) is 79.0 cm³/mol. The minimum atomic E-state index is -1.06. The smallest absolute Gasteiger partial charge is 0.337 e. The number of halogens is 1. The molecule has 0 spiro atoms. The Hall–Kier alpha value is -1.44. The van der Waals surface area contributed by atoms with E-state index < -0.39 is 5.97 Å². The molecule has 7 heteroatoms. The molecule has 1 aliphatic heterocycles. The quantitative estimate of drug-likeness (QED) is 0.760. The van der Waals surface area contributed by atoms with Crippen molar-refractivity contribution in [1.29, 1.82) is 0 Å². The number of amides is 1. The fourth-order valence-corrected chi connectivity index (χ4v) is 2.43. The number of piperazine rings is 1. The zero-order chi connectivity index (χ0) is 14.5. The lowest BCUT2D eigenvalue weighted by molar-refractivity contribution is -0.117. The second kappa shape index (κ2) is 6.83. The third-order valence-electron chi connectivity index (χ3n) is 3.06. The van der Waals surface area contributed by atoms with Gasteiger partial charge in [0.1, 0.15) is 0 Å². The molecule has 0 aliphatic carbocycles.